The lowest BCUT2D eigenvalue weighted by Crippen LogP contribution is -2.26. The maximum Gasteiger partial charge on any atom is 0.254 e. The number of anilines is 1. The molecule has 0 saturated heterocycles. The summed E-state index contributed by atoms with van der Waals surface area (Å²) in [5.41, 5.74) is 0.561. The summed E-state index contributed by atoms with van der Waals surface area (Å²) in [5.74, 6) is -2.07. The molecule has 1 heterocycles. The number of hydrogen-bond acceptors (Lipinski definition) is 3. The van der Waals surface area contributed by atoms with Crippen LogP contribution in [0.1, 0.15) is 28.9 Å². The van der Waals surface area contributed by atoms with Gasteiger partial charge in [0.1, 0.15) is 17.5 Å². The molecule has 0 unspecified atom stereocenters. The maximum absolute atomic E-state index is 13.4. The van der Waals surface area contributed by atoms with Gasteiger partial charge in [-0.15, -0.1) is 0 Å². The summed E-state index contributed by atoms with van der Waals surface area (Å²) in [4.78, 5) is 27.7. The fourth-order valence-electron chi connectivity index (χ4n) is 2.04. The van der Waals surface area contributed by atoms with Gasteiger partial charge >= 0.3 is 0 Å². The van der Waals surface area contributed by atoms with Crippen molar-refractivity contribution < 1.29 is 18.4 Å². The Morgan fingerprint density at radius 3 is 2.67 bits per heavy atom. The fourth-order valence-corrected chi connectivity index (χ4v) is 2.04. The molecule has 1 aromatic heterocycles. The summed E-state index contributed by atoms with van der Waals surface area (Å²) in [7, 11) is 0. The highest BCUT2D eigenvalue weighted by Gasteiger charge is 2.12. The SMILES string of the molecule is Cc1cccc(NC(=O)CCCNC(=O)c2ccc(F)cc2F)n1. The van der Waals surface area contributed by atoms with E-state index in [4.69, 9.17) is 0 Å². The molecule has 0 spiro atoms. The van der Waals surface area contributed by atoms with Crippen LogP contribution in [-0.4, -0.2) is 23.3 Å². The molecule has 5 nitrogen and oxygen atoms in total. The predicted molar refractivity (Wildman–Crippen MR) is 85.5 cm³/mol. The molecule has 2 rings (SSSR count). The summed E-state index contributed by atoms with van der Waals surface area (Å²) in [6.45, 7) is 2.02. The Labute approximate surface area is 138 Å². The molecule has 0 saturated carbocycles. The lowest BCUT2D eigenvalue weighted by atomic mass is 10.2. The van der Waals surface area contributed by atoms with Gasteiger partial charge in [-0.1, -0.05) is 6.07 Å². The minimum atomic E-state index is -0.921. The molecule has 7 heteroatoms. The van der Waals surface area contributed by atoms with Gasteiger partial charge in [-0.05, 0) is 37.6 Å². The van der Waals surface area contributed by atoms with Crippen molar-refractivity contribution >= 4 is 17.6 Å². The largest absolute Gasteiger partial charge is 0.352 e. The van der Waals surface area contributed by atoms with Gasteiger partial charge in [-0.25, -0.2) is 13.8 Å². The number of hydrogen-bond donors (Lipinski definition) is 2. The molecule has 0 aliphatic carbocycles. The summed E-state index contributed by atoms with van der Waals surface area (Å²) in [5, 5.41) is 5.14. The molecule has 0 atom stereocenters. The standard InChI is InChI=1S/C17H17F2N3O2/c1-11-4-2-5-15(21-11)22-16(23)6-3-9-20-17(24)13-8-7-12(18)10-14(13)19/h2,4-5,7-8,10H,3,6,9H2,1H3,(H,20,24)(H,21,22,23). The first-order valence-electron chi connectivity index (χ1n) is 7.42. The van der Waals surface area contributed by atoms with Crippen molar-refractivity contribution in [3.05, 3.63) is 59.3 Å². The lowest BCUT2D eigenvalue weighted by Gasteiger charge is -2.07. The highest BCUT2D eigenvalue weighted by atomic mass is 19.1. The maximum atomic E-state index is 13.4. The van der Waals surface area contributed by atoms with Crippen LogP contribution in [0.15, 0.2) is 36.4 Å². The summed E-state index contributed by atoms with van der Waals surface area (Å²) >= 11 is 0. The van der Waals surface area contributed by atoms with E-state index in [2.05, 4.69) is 15.6 Å². The average molecular weight is 333 g/mol. The van der Waals surface area contributed by atoms with Gasteiger partial charge in [-0.3, -0.25) is 9.59 Å². The van der Waals surface area contributed by atoms with Gasteiger partial charge in [-0.2, -0.15) is 0 Å². The predicted octanol–water partition coefficient (Wildman–Crippen LogP) is 2.82. The Hall–Kier alpha value is -2.83. The van der Waals surface area contributed by atoms with E-state index < -0.39 is 17.5 Å². The number of carbonyl (C=O) groups excluding carboxylic acids is 2. The van der Waals surface area contributed by atoms with Crippen LogP contribution in [0, 0.1) is 18.6 Å². The lowest BCUT2D eigenvalue weighted by molar-refractivity contribution is -0.116. The first kappa shape index (κ1) is 17.5. The Bertz CT molecular complexity index is 750. The van der Waals surface area contributed by atoms with Crippen LogP contribution in [0.2, 0.25) is 0 Å². The molecule has 2 aromatic rings. The smallest absolute Gasteiger partial charge is 0.254 e. The van der Waals surface area contributed by atoms with Crippen LogP contribution < -0.4 is 10.6 Å². The molecule has 0 bridgehead atoms. The summed E-state index contributed by atoms with van der Waals surface area (Å²) < 4.78 is 26.2. The van der Waals surface area contributed by atoms with Crippen molar-refractivity contribution in [3.8, 4) is 0 Å². The first-order chi connectivity index (χ1) is 11.5. The van der Waals surface area contributed by atoms with Crippen molar-refractivity contribution in [2.75, 3.05) is 11.9 Å². The van der Waals surface area contributed by atoms with E-state index in [1.54, 1.807) is 12.1 Å². The number of nitrogens with one attached hydrogen (secondary N) is 2. The van der Waals surface area contributed by atoms with Gasteiger partial charge in [0.15, 0.2) is 0 Å². The van der Waals surface area contributed by atoms with Gasteiger partial charge in [0.05, 0.1) is 5.56 Å². The molecule has 0 fully saturated rings. The monoisotopic (exact) mass is 333 g/mol. The van der Waals surface area contributed by atoms with E-state index in [1.165, 1.54) is 0 Å². The van der Waals surface area contributed by atoms with Crippen LogP contribution in [0.4, 0.5) is 14.6 Å². The van der Waals surface area contributed by atoms with Crippen molar-refractivity contribution in [1.29, 1.82) is 0 Å². The minimum Gasteiger partial charge on any atom is -0.352 e. The molecular formula is C17H17F2N3O2. The summed E-state index contributed by atoms with van der Waals surface area (Å²) in [6.07, 6.45) is 0.563. The van der Waals surface area contributed by atoms with Crippen LogP contribution >= 0.6 is 0 Å². The third kappa shape index (κ3) is 5.12. The van der Waals surface area contributed by atoms with Crippen LogP contribution in [0.5, 0.6) is 0 Å². The Kier molecular flexibility index (Phi) is 5.95. The zero-order chi connectivity index (χ0) is 17.5. The number of benzene rings is 1. The van der Waals surface area contributed by atoms with E-state index in [9.17, 15) is 18.4 Å². The molecule has 24 heavy (non-hydrogen) atoms. The molecule has 0 aliphatic rings. The Morgan fingerprint density at radius 2 is 1.96 bits per heavy atom. The van der Waals surface area contributed by atoms with Crippen molar-refractivity contribution in [2.24, 2.45) is 0 Å². The molecule has 126 valence electrons. The van der Waals surface area contributed by atoms with Gasteiger partial charge in [0, 0.05) is 24.7 Å². The van der Waals surface area contributed by atoms with Gasteiger partial charge < -0.3 is 10.6 Å². The van der Waals surface area contributed by atoms with Crippen LogP contribution in [-0.2, 0) is 4.79 Å². The quantitative estimate of drug-likeness (QED) is 0.799. The Balaban J connectivity index is 1.74. The van der Waals surface area contributed by atoms with E-state index in [-0.39, 0.29) is 24.4 Å². The number of amides is 2. The number of halogens is 2. The molecular weight excluding hydrogens is 316 g/mol. The molecule has 2 amide bonds. The number of pyridine rings is 1. The number of aromatic nitrogens is 1. The van der Waals surface area contributed by atoms with E-state index in [0.29, 0.717) is 18.3 Å². The zero-order valence-electron chi connectivity index (χ0n) is 13.1. The normalized spacial score (nSPS) is 10.3. The number of aryl methyl sites for hydroxylation is 1. The molecule has 1 aromatic carbocycles. The average Bonchev–Trinajstić information content (AvgIpc) is 2.51. The van der Waals surface area contributed by atoms with Crippen molar-refractivity contribution in [3.63, 3.8) is 0 Å². The first-order valence-corrected chi connectivity index (χ1v) is 7.42. The number of nitrogens with zero attached hydrogens (tertiary/aromatic N) is 1. The number of rotatable bonds is 6. The molecule has 2 N–H and O–H groups in total. The zero-order valence-corrected chi connectivity index (χ0v) is 13.1. The highest BCUT2D eigenvalue weighted by molar-refractivity contribution is 5.94. The highest BCUT2D eigenvalue weighted by Crippen LogP contribution is 2.09. The van der Waals surface area contributed by atoms with Crippen molar-refractivity contribution in [2.45, 2.75) is 19.8 Å². The van der Waals surface area contributed by atoms with E-state index in [0.717, 1.165) is 17.8 Å². The van der Waals surface area contributed by atoms with Crippen molar-refractivity contribution in [1.82, 2.24) is 10.3 Å². The second kappa shape index (κ2) is 8.14. The third-order valence-corrected chi connectivity index (χ3v) is 3.20. The van der Waals surface area contributed by atoms with Crippen LogP contribution in [0.25, 0.3) is 0 Å². The second-order valence-corrected chi connectivity index (χ2v) is 5.20. The molecule has 0 radical (unpaired) electrons. The molecule has 0 aliphatic heterocycles. The third-order valence-electron chi connectivity index (χ3n) is 3.20. The van der Waals surface area contributed by atoms with E-state index in [1.807, 2.05) is 13.0 Å². The fraction of sp³-hybridized carbons (Fsp3) is 0.235. The van der Waals surface area contributed by atoms with E-state index >= 15 is 0 Å². The van der Waals surface area contributed by atoms with Crippen LogP contribution in [0.3, 0.4) is 0 Å². The minimum absolute atomic E-state index is 0.182. The van der Waals surface area contributed by atoms with Gasteiger partial charge in [0.2, 0.25) is 5.91 Å². The topological polar surface area (TPSA) is 71.1 Å². The second-order valence-electron chi connectivity index (χ2n) is 5.20. The Morgan fingerprint density at radius 1 is 1.17 bits per heavy atom. The van der Waals surface area contributed by atoms with Gasteiger partial charge in [0.25, 0.3) is 5.91 Å². The number of carbonyl (C=O) groups is 2. The summed E-state index contributed by atoms with van der Waals surface area (Å²) in [6, 6.07) is 8.03.